The molecule has 1 aromatic rings. The second kappa shape index (κ2) is 5.07. The lowest BCUT2D eigenvalue weighted by Crippen LogP contribution is -1.86. The average Bonchev–Trinajstić information content (AvgIpc) is 2.15. The Kier molecular flexibility index (Phi) is 4.03. The maximum Gasteiger partial charge on any atom is 0.150 e. The van der Waals surface area contributed by atoms with Gasteiger partial charge in [-0.05, 0) is 36.8 Å². The number of rotatable bonds is 4. The second-order valence-corrected chi connectivity index (χ2v) is 4.15. The summed E-state index contributed by atoms with van der Waals surface area (Å²) in [7, 11) is 0. The molecule has 0 heterocycles. The molecule has 0 aromatic heterocycles. The first kappa shape index (κ1) is 10.3. The van der Waals surface area contributed by atoms with Crippen LogP contribution in [0.5, 0.6) is 0 Å². The minimum absolute atomic E-state index is 0.792. The molecule has 70 valence electrons. The molecule has 0 bridgehead atoms. The molecule has 0 aliphatic heterocycles. The normalized spacial score (nSPS) is 10.0. The van der Waals surface area contributed by atoms with Crippen LogP contribution in [0.1, 0.15) is 29.3 Å². The number of aryl methyl sites for hydroxylation is 1. The van der Waals surface area contributed by atoms with Gasteiger partial charge in [0.2, 0.25) is 0 Å². The van der Waals surface area contributed by atoms with Crippen molar-refractivity contribution in [3.8, 4) is 0 Å². The first-order valence-corrected chi connectivity index (χ1v) is 5.45. The third kappa shape index (κ3) is 2.88. The lowest BCUT2D eigenvalue weighted by Gasteiger charge is -2.02. The summed E-state index contributed by atoms with van der Waals surface area (Å²) >= 11 is 1.84. The monoisotopic (exact) mass is 194 g/mol. The van der Waals surface area contributed by atoms with Crippen LogP contribution >= 0.6 is 11.8 Å². The van der Waals surface area contributed by atoms with Crippen molar-refractivity contribution in [1.29, 1.82) is 0 Å². The lowest BCUT2D eigenvalue weighted by molar-refractivity contribution is 0.112. The van der Waals surface area contributed by atoms with Gasteiger partial charge in [-0.3, -0.25) is 4.79 Å². The number of hydrogen-bond acceptors (Lipinski definition) is 2. The molecule has 0 unspecified atom stereocenters. The Balaban J connectivity index is 2.77. The van der Waals surface area contributed by atoms with E-state index in [-0.39, 0.29) is 0 Å². The first-order valence-electron chi connectivity index (χ1n) is 4.46. The molecule has 0 radical (unpaired) electrons. The van der Waals surface area contributed by atoms with Gasteiger partial charge in [-0.25, -0.2) is 0 Å². The van der Waals surface area contributed by atoms with E-state index in [9.17, 15) is 4.79 Å². The Bertz CT molecular complexity index is 294. The topological polar surface area (TPSA) is 17.1 Å². The summed E-state index contributed by atoms with van der Waals surface area (Å²) in [5.74, 6) is 1.14. The van der Waals surface area contributed by atoms with Gasteiger partial charge in [0.05, 0.1) is 0 Å². The van der Waals surface area contributed by atoms with Crippen molar-refractivity contribution in [2.45, 2.75) is 25.2 Å². The molecule has 1 rings (SSSR count). The van der Waals surface area contributed by atoms with E-state index in [1.807, 2.05) is 30.8 Å². The van der Waals surface area contributed by atoms with Crippen molar-refractivity contribution in [2.24, 2.45) is 0 Å². The van der Waals surface area contributed by atoms with Gasteiger partial charge in [0, 0.05) is 10.5 Å². The van der Waals surface area contributed by atoms with E-state index in [1.165, 1.54) is 11.3 Å². The Morgan fingerprint density at radius 3 is 2.77 bits per heavy atom. The van der Waals surface area contributed by atoms with Gasteiger partial charge in [0.1, 0.15) is 6.29 Å². The van der Waals surface area contributed by atoms with E-state index in [0.29, 0.717) is 0 Å². The van der Waals surface area contributed by atoms with Crippen LogP contribution in [0.3, 0.4) is 0 Å². The number of benzene rings is 1. The van der Waals surface area contributed by atoms with Crippen molar-refractivity contribution in [2.75, 3.05) is 5.75 Å². The predicted molar refractivity (Wildman–Crippen MR) is 57.6 cm³/mol. The zero-order valence-corrected chi connectivity index (χ0v) is 8.86. The molecule has 13 heavy (non-hydrogen) atoms. The van der Waals surface area contributed by atoms with Crippen molar-refractivity contribution >= 4 is 18.0 Å². The quantitative estimate of drug-likeness (QED) is 0.540. The van der Waals surface area contributed by atoms with Gasteiger partial charge in [-0.1, -0.05) is 13.0 Å². The largest absolute Gasteiger partial charge is 0.298 e. The summed E-state index contributed by atoms with van der Waals surface area (Å²) in [4.78, 5) is 11.8. The number of aldehydes is 1. The standard InChI is InChI=1S/C11H14OS/c1-3-6-13-11-5-4-10(8-12)9(2)7-11/h4-5,7-8H,3,6H2,1-2H3. The zero-order chi connectivity index (χ0) is 9.68. The van der Waals surface area contributed by atoms with Gasteiger partial charge in [0.25, 0.3) is 0 Å². The molecular formula is C11H14OS. The Hall–Kier alpha value is -0.760. The molecule has 1 nitrogen and oxygen atoms in total. The summed E-state index contributed by atoms with van der Waals surface area (Å²) in [6.45, 7) is 4.14. The molecule has 0 atom stereocenters. The molecule has 2 heteroatoms. The Labute approximate surface area is 83.5 Å². The highest BCUT2D eigenvalue weighted by Crippen LogP contribution is 2.21. The summed E-state index contributed by atoms with van der Waals surface area (Å²) in [5, 5.41) is 0. The van der Waals surface area contributed by atoms with E-state index in [4.69, 9.17) is 0 Å². The fraction of sp³-hybridized carbons (Fsp3) is 0.364. The van der Waals surface area contributed by atoms with Crippen molar-refractivity contribution in [1.82, 2.24) is 0 Å². The molecule has 0 saturated heterocycles. The van der Waals surface area contributed by atoms with Crippen LogP contribution in [0.2, 0.25) is 0 Å². The van der Waals surface area contributed by atoms with Crippen LogP contribution in [0.25, 0.3) is 0 Å². The molecule has 0 amide bonds. The second-order valence-electron chi connectivity index (χ2n) is 2.98. The van der Waals surface area contributed by atoms with E-state index >= 15 is 0 Å². The highest BCUT2D eigenvalue weighted by atomic mass is 32.2. The summed E-state index contributed by atoms with van der Waals surface area (Å²) in [6.07, 6.45) is 2.09. The smallest absolute Gasteiger partial charge is 0.150 e. The molecule has 1 aromatic carbocycles. The number of carbonyl (C=O) groups excluding carboxylic acids is 1. The van der Waals surface area contributed by atoms with Crippen LogP contribution in [-0.4, -0.2) is 12.0 Å². The van der Waals surface area contributed by atoms with Gasteiger partial charge >= 0.3 is 0 Å². The van der Waals surface area contributed by atoms with E-state index in [2.05, 4.69) is 13.0 Å². The number of hydrogen-bond donors (Lipinski definition) is 0. The highest BCUT2D eigenvalue weighted by molar-refractivity contribution is 7.99. The molecule has 0 spiro atoms. The molecule has 0 aliphatic rings. The molecule has 0 N–H and O–H groups in total. The van der Waals surface area contributed by atoms with Crippen LogP contribution in [0.4, 0.5) is 0 Å². The van der Waals surface area contributed by atoms with Crippen LogP contribution in [0.15, 0.2) is 23.1 Å². The summed E-state index contributed by atoms with van der Waals surface area (Å²) < 4.78 is 0. The molecule has 0 fully saturated rings. The van der Waals surface area contributed by atoms with E-state index in [0.717, 1.165) is 23.2 Å². The SMILES string of the molecule is CCCSc1ccc(C=O)c(C)c1. The van der Waals surface area contributed by atoms with E-state index < -0.39 is 0 Å². The summed E-state index contributed by atoms with van der Waals surface area (Å²) in [6, 6.07) is 5.97. The molecular weight excluding hydrogens is 180 g/mol. The Morgan fingerprint density at radius 1 is 1.46 bits per heavy atom. The van der Waals surface area contributed by atoms with Crippen LogP contribution in [-0.2, 0) is 0 Å². The minimum Gasteiger partial charge on any atom is -0.298 e. The fourth-order valence-electron chi connectivity index (χ4n) is 1.09. The van der Waals surface area contributed by atoms with Crippen LogP contribution in [0, 0.1) is 6.92 Å². The third-order valence-electron chi connectivity index (χ3n) is 1.84. The van der Waals surface area contributed by atoms with Crippen molar-refractivity contribution < 1.29 is 4.79 Å². The number of carbonyl (C=O) groups is 1. The summed E-state index contributed by atoms with van der Waals surface area (Å²) in [5.41, 5.74) is 1.86. The minimum atomic E-state index is 0.792. The van der Waals surface area contributed by atoms with Crippen LogP contribution < -0.4 is 0 Å². The van der Waals surface area contributed by atoms with Crippen molar-refractivity contribution in [3.63, 3.8) is 0 Å². The maximum atomic E-state index is 10.5. The third-order valence-corrected chi connectivity index (χ3v) is 3.04. The van der Waals surface area contributed by atoms with Gasteiger partial charge in [-0.2, -0.15) is 0 Å². The zero-order valence-electron chi connectivity index (χ0n) is 8.04. The predicted octanol–water partition coefficient (Wildman–Crippen LogP) is 3.31. The first-order chi connectivity index (χ1) is 6.27. The highest BCUT2D eigenvalue weighted by Gasteiger charge is 1.98. The number of thioether (sulfide) groups is 1. The maximum absolute atomic E-state index is 10.5. The molecule has 0 saturated carbocycles. The van der Waals surface area contributed by atoms with Gasteiger partial charge < -0.3 is 0 Å². The van der Waals surface area contributed by atoms with E-state index in [1.54, 1.807) is 0 Å². The average molecular weight is 194 g/mol. The molecule has 0 aliphatic carbocycles. The van der Waals surface area contributed by atoms with Gasteiger partial charge in [-0.15, -0.1) is 11.8 Å². The van der Waals surface area contributed by atoms with Gasteiger partial charge in [0.15, 0.2) is 0 Å². The Morgan fingerprint density at radius 2 is 2.23 bits per heavy atom. The lowest BCUT2D eigenvalue weighted by atomic mass is 10.1. The fourth-order valence-corrected chi connectivity index (χ4v) is 1.95. The van der Waals surface area contributed by atoms with Crippen molar-refractivity contribution in [3.05, 3.63) is 29.3 Å².